The summed E-state index contributed by atoms with van der Waals surface area (Å²) in [6.07, 6.45) is 0.323. The normalized spacial score (nSPS) is 10.5. The van der Waals surface area contributed by atoms with Crippen molar-refractivity contribution in [1.82, 2.24) is 10.2 Å². The number of ether oxygens (including phenoxy) is 1. The fourth-order valence-corrected chi connectivity index (χ4v) is 3.27. The molecule has 0 aliphatic heterocycles. The minimum absolute atomic E-state index is 0.0932. The highest BCUT2D eigenvalue weighted by Gasteiger charge is 2.11. The average molecular weight is 353 g/mol. The van der Waals surface area contributed by atoms with E-state index in [1.165, 1.54) is 16.9 Å². The van der Waals surface area contributed by atoms with E-state index >= 15 is 0 Å². The molecule has 128 valence electrons. The summed E-state index contributed by atoms with van der Waals surface area (Å²) >= 11 is 1.35. The van der Waals surface area contributed by atoms with Crippen molar-refractivity contribution < 1.29 is 9.53 Å². The van der Waals surface area contributed by atoms with Gasteiger partial charge in [-0.1, -0.05) is 35.1 Å². The van der Waals surface area contributed by atoms with E-state index in [4.69, 9.17) is 4.74 Å². The van der Waals surface area contributed by atoms with Gasteiger partial charge in [-0.15, -0.1) is 10.2 Å². The van der Waals surface area contributed by atoms with Gasteiger partial charge in [-0.25, -0.2) is 0 Å². The number of hydrogen-bond donors (Lipinski definition) is 1. The minimum Gasteiger partial charge on any atom is -0.497 e. The average Bonchev–Trinajstić information content (AvgIpc) is 3.06. The molecule has 0 fully saturated rings. The first-order valence-electron chi connectivity index (χ1n) is 7.89. The summed E-state index contributed by atoms with van der Waals surface area (Å²) in [4.78, 5) is 12.3. The van der Waals surface area contributed by atoms with Crippen LogP contribution in [0.15, 0.2) is 42.5 Å². The van der Waals surface area contributed by atoms with Crippen molar-refractivity contribution in [2.75, 3.05) is 12.4 Å². The first-order valence-corrected chi connectivity index (χ1v) is 8.70. The summed E-state index contributed by atoms with van der Waals surface area (Å²) in [6.45, 7) is 4.06. The number of nitrogens with one attached hydrogen (secondary N) is 1. The van der Waals surface area contributed by atoms with Crippen molar-refractivity contribution in [3.63, 3.8) is 0 Å². The fourth-order valence-electron chi connectivity index (χ4n) is 2.50. The Morgan fingerprint density at radius 1 is 1.12 bits per heavy atom. The number of anilines is 1. The Labute approximate surface area is 150 Å². The van der Waals surface area contributed by atoms with Crippen LogP contribution in [0.3, 0.4) is 0 Å². The number of carbonyl (C=O) groups is 1. The number of amides is 1. The van der Waals surface area contributed by atoms with Crippen LogP contribution >= 0.6 is 11.3 Å². The maximum atomic E-state index is 12.3. The molecule has 2 aromatic carbocycles. The predicted molar refractivity (Wildman–Crippen MR) is 100 cm³/mol. The summed E-state index contributed by atoms with van der Waals surface area (Å²) in [7, 11) is 1.63. The van der Waals surface area contributed by atoms with Gasteiger partial charge < -0.3 is 10.1 Å². The van der Waals surface area contributed by atoms with Crippen molar-refractivity contribution in [1.29, 1.82) is 0 Å². The van der Waals surface area contributed by atoms with Crippen LogP contribution in [0.4, 0.5) is 5.13 Å². The molecule has 3 rings (SSSR count). The predicted octanol–water partition coefficient (Wildman–Crippen LogP) is 4.01. The van der Waals surface area contributed by atoms with Crippen molar-refractivity contribution >= 4 is 22.4 Å². The number of carbonyl (C=O) groups excluding carboxylic acids is 1. The Bertz CT molecular complexity index is 888. The molecule has 6 heteroatoms. The molecular weight excluding hydrogens is 334 g/mol. The molecule has 1 N–H and O–H groups in total. The summed E-state index contributed by atoms with van der Waals surface area (Å²) in [5.74, 6) is 0.694. The molecule has 5 nitrogen and oxygen atoms in total. The van der Waals surface area contributed by atoms with E-state index in [2.05, 4.69) is 21.6 Å². The highest BCUT2D eigenvalue weighted by atomic mass is 32.1. The van der Waals surface area contributed by atoms with E-state index in [0.29, 0.717) is 11.6 Å². The van der Waals surface area contributed by atoms with E-state index in [0.717, 1.165) is 27.4 Å². The summed E-state index contributed by atoms with van der Waals surface area (Å²) in [5, 5.41) is 12.3. The molecule has 0 radical (unpaired) electrons. The number of nitrogens with zero attached hydrogens (tertiary/aromatic N) is 2. The van der Waals surface area contributed by atoms with Crippen LogP contribution in [-0.2, 0) is 11.2 Å². The topological polar surface area (TPSA) is 64.1 Å². The van der Waals surface area contributed by atoms with Crippen LogP contribution in [0.25, 0.3) is 10.6 Å². The number of aryl methyl sites for hydroxylation is 2. The number of aromatic nitrogens is 2. The van der Waals surface area contributed by atoms with E-state index in [9.17, 15) is 4.79 Å². The molecule has 3 aromatic rings. The maximum Gasteiger partial charge on any atom is 0.230 e. The second-order valence-electron chi connectivity index (χ2n) is 5.80. The second kappa shape index (κ2) is 7.44. The fraction of sp³-hybridized carbons (Fsp3) is 0.211. The van der Waals surface area contributed by atoms with E-state index in [1.807, 2.05) is 50.2 Å². The van der Waals surface area contributed by atoms with E-state index in [-0.39, 0.29) is 5.91 Å². The molecule has 0 aliphatic rings. The Morgan fingerprint density at radius 3 is 2.56 bits per heavy atom. The van der Waals surface area contributed by atoms with Gasteiger partial charge in [-0.3, -0.25) is 4.79 Å². The molecule has 1 aromatic heterocycles. The minimum atomic E-state index is -0.0932. The second-order valence-corrected chi connectivity index (χ2v) is 6.77. The molecule has 1 heterocycles. The lowest BCUT2D eigenvalue weighted by Crippen LogP contribution is -2.14. The molecule has 0 unspecified atom stereocenters. The van der Waals surface area contributed by atoms with Crippen LogP contribution in [0.1, 0.15) is 16.7 Å². The first-order chi connectivity index (χ1) is 12.0. The third-order valence-corrected chi connectivity index (χ3v) is 4.75. The van der Waals surface area contributed by atoms with Crippen LogP contribution < -0.4 is 10.1 Å². The molecule has 0 spiro atoms. The monoisotopic (exact) mass is 353 g/mol. The zero-order valence-corrected chi connectivity index (χ0v) is 15.2. The van der Waals surface area contributed by atoms with Gasteiger partial charge in [0.05, 0.1) is 13.5 Å². The SMILES string of the molecule is COc1ccc(-c2nnc(NC(=O)Cc3ccc(C)cc3C)s2)cc1. The lowest BCUT2D eigenvalue weighted by molar-refractivity contribution is -0.115. The lowest BCUT2D eigenvalue weighted by Gasteiger charge is -2.06. The molecule has 0 aliphatic carbocycles. The van der Waals surface area contributed by atoms with Crippen molar-refractivity contribution in [3.8, 4) is 16.3 Å². The van der Waals surface area contributed by atoms with E-state index < -0.39 is 0 Å². The smallest absolute Gasteiger partial charge is 0.230 e. The Kier molecular flexibility index (Phi) is 5.09. The van der Waals surface area contributed by atoms with Crippen molar-refractivity contribution in [2.45, 2.75) is 20.3 Å². The third kappa shape index (κ3) is 4.22. The molecule has 0 saturated heterocycles. The molecule has 25 heavy (non-hydrogen) atoms. The van der Waals surface area contributed by atoms with Gasteiger partial charge in [0.25, 0.3) is 0 Å². The molecule has 0 saturated carbocycles. The summed E-state index contributed by atoms with van der Waals surface area (Å²) in [5.41, 5.74) is 4.26. The van der Waals surface area contributed by atoms with Crippen LogP contribution in [-0.4, -0.2) is 23.2 Å². The summed E-state index contributed by atoms with van der Waals surface area (Å²) in [6, 6.07) is 13.7. The highest BCUT2D eigenvalue weighted by molar-refractivity contribution is 7.18. The Morgan fingerprint density at radius 2 is 1.88 bits per heavy atom. The Balaban J connectivity index is 1.67. The lowest BCUT2D eigenvalue weighted by atomic mass is 10.0. The van der Waals surface area contributed by atoms with Gasteiger partial charge in [0.2, 0.25) is 11.0 Å². The third-order valence-electron chi connectivity index (χ3n) is 3.86. The Hall–Kier alpha value is -2.73. The van der Waals surface area contributed by atoms with Crippen LogP contribution in [0, 0.1) is 13.8 Å². The zero-order valence-electron chi connectivity index (χ0n) is 14.4. The molecule has 1 amide bonds. The molecule has 0 bridgehead atoms. The maximum absolute atomic E-state index is 12.3. The van der Waals surface area contributed by atoms with Crippen LogP contribution in [0.2, 0.25) is 0 Å². The highest BCUT2D eigenvalue weighted by Crippen LogP contribution is 2.27. The molecule has 0 atom stereocenters. The van der Waals surface area contributed by atoms with Gasteiger partial charge in [-0.2, -0.15) is 0 Å². The number of rotatable bonds is 5. The zero-order chi connectivity index (χ0) is 17.8. The standard InChI is InChI=1S/C19H19N3O2S/c1-12-4-5-15(13(2)10-12)11-17(23)20-19-22-21-18(25-19)14-6-8-16(24-3)9-7-14/h4-10H,11H2,1-3H3,(H,20,22,23). The first kappa shape index (κ1) is 17.1. The van der Waals surface area contributed by atoms with Gasteiger partial charge in [0, 0.05) is 5.56 Å². The van der Waals surface area contributed by atoms with Gasteiger partial charge in [-0.05, 0) is 49.2 Å². The van der Waals surface area contributed by atoms with E-state index in [1.54, 1.807) is 7.11 Å². The van der Waals surface area contributed by atoms with Gasteiger partial charge in [0.1, 0.15) is 10.8 Å². The summed E-state index contributed by atoms with van der Waals surface area (Å²) < 4.78 is 5.15. The largest absolute Gasteiger partial charge is 0.497 e. The van der Waals surface area contributed by atoms with Crippen molar-refractivity contribution in [3.05, 3.63) is 59.2 Å². The number of benzene rings is 2. The van der Waals surface area contributed by atoms with Gasteiger partial charge >= 0.3 is 0 Å². The molecular formula is C19H19N3O2S. The van der Waals surface area contributed by atoms with Gasteiger partial charge in [0.15, 0.2) is 0 Å². The quantitative estimate of drug-likeness (QED) is 0.753. The number of hydrogen-bond acceptors (Lipinski definition) is 5. The van der Waals surface area contributed by atoms with Crippen LogP contribution in [0.5, 0.6) is 5.75 Å². The van der Waals surface area contributed by atoms with Crippen molar-refractivity contribution in [2.24, 2.45) is 0 Å². The number of methoxy groups -OCH3 is 1.